The fraction of sp³-hybridized carbons (Fsp3) is 0.632. The van der Waals surface area contributed by atoms with Crippen molar-refractivity contribution in [3.8, 4) is 11.8 Å². The molecule has 2 nitrogen and oxygen atoms in total. The van der Waals surface area contributed by atoms with E-state index in [2.05, 4.69) is 29.8 Å². The third-order valence-electron chi connectivity index (χ3n) is 5.42. The molecule has 1 aromatic rings. The van der Waals surface area contributed by atoms with Gasteiger partial charge in [-0.3, -0.25) is 0 Å². The normalized spacial score (nSPS) is 33.1. The van der Waals surface area contributed by atoms with E-state index in [0.717, 1.165) is 17.8 Å². The number of nitrogens with zero attached hydrogens (tertiary/aromatic N) is 1. The van der Waals surface area contributed by atoms with Crippen molar-refractivity contribution >= 4 is 15.9 Å². The van der Waals surface area contributed by atoms with Gasteiger partial charge >= 0.3 is 0 Å². The second-order valence-corrected chi connectivity index (χ2v) is 8.78. The summed E-state index contributed by atoms with van der Waals surface area (Å²) in [7, 11) is 0. The van der Waals surface area contributed by atoms with Crippen LogP contribution in [0.2, 0.25) is 0 Å². The van der Waals surface area contributed by atoms with Crippen molar-refractivity contribution in [2.24, 2.45) is 23.2 Å². The highest BCUT2D eigenvalue weighted by atomic mass is 79.9. The zero-order valence-corrected chi connectivity index (χ0v) is 15.3. The first-order valence-electron chi connectivity index (χ1n) is 8.40. The van der Waals surface area contributed by atoms with Crippen LogP contribution in [0.15, 0.2) is 16.6 Å². The molecule has 2 aliphatic rings. The Kier molecular flexibility index (Phi) is 4.69. The number of fused-ring (bicyclic) bond motifs is 2. The molecule has 2 unspecified atom stereocenters. The highest BCUT2D eigenvalue weighted by molar-refractivity contribution is 9.10. The first-order valence-corrected chi connectivity index (χ1v) is 9.20. The molecule has 1 aromatic carbocycles. The summed E-state index contributed by atoms with van der Waals surface area (Å²) >= 11 is 3.38. The summed E-state index contributed by atoms with van der Waals surface area (Å²) in [5.74, 6) is 2.45. The summed E-state index contributed by atoms with van der Waals surface area (Å²) in [6, 6.07) is 4.65. The topological polar surface area (TPSA) is 33.0 Å². The lowest BCUT2D eigenvalue weighted by Gasteiger charge is -2.47. The van der Waals surface area contributed by atoms with Gasteiger partial charge in [-0.25, -0.2) is 4.39 Å². The van der Waals surface area contributed by atoms with Crippen LogP contribution in [0.5, 0.6) is 5.75 Å². The fourth-order valence-electron chi connectivity index (χ4n) is 4.80. The van der Waals surface area contributed by atoms with Gasteiger partial charge in [0, 0.05) is 11.5 Å². The predicted octanol–water partition coefficient (Wildman–Crippen LogP) is 5.69. The molecule has 0 amide bonds. The van der Waals surface area contributed by atoms with Gasteiger partial charge in [-0.2, -0.15) is 5.26 Å². The summed E-state index contributed by atoms with van der Waals surface area (Å²) < 4.78 is 20.4. The van der Waals surface area contributed by atoms with Gasteiger partial charge in [0.25, 0.3) is 0 Å². The minimum absolute atomic E-state index is 0.0385. The van der Waals surface area contributed by atoms with E-state index in [4.69, 9.17) is 10.00 Å². The Labute approximate surface area is 146 Å². The maximum absolute atomic E-state index is 13.8. The Bertz CT molecular complexity index is 621. The van der Waals surface area contributed by atoms with Crippen LogP contribution >= 0.6 is 15.9 Å². The first-order chi connectivity index (χ1) is 10.9. The van der Waals surface area contributed by atoms with E-state index in [1.165, 1.54) is 44.2 Å². The Morgan fingerprint density at radius 1 is 1.30 bits per heavy atom. The third kappa shape index (κ3) is 3.71. The van der Waals surface area contributed by atoms with E-state index in [0.29, 0.717) is 16.8 Å². The molecule has 3 rings (SSSR count). The number of hydrogen-bond acceptors (Lipinski definition) is 2. The lowest BCUT2D eigenvalue weighted by atomic mass is 9.60. The number of ether oxygens (including phenoxy) is 1. The molecule has 2 atom stereocenters. The van der Waals surface area contributed by atoms with Crippen molar-refractivity contribution in [3.63, 3.8) is 0 Å². The summed E-state index contributed by atoms with van der Waals surface area (Å²) in [5.41, 5.74) is 0.203. The zero-order chi connectivity index (χ0) is 16.6. The van der Waals surface area contributed by atoms with Crippen LogP contribution in [0.25, 0.3) is 0 Å². The number of benzene rings is 1. The first kappa shape index (κ1) is 16.8. The van der Waals surface area contributed by atoms with Crippen LogP contribution in [0.1, 0.15) is 51.5 Å². The van der Waals surface area contributed by atoms with Gasteiger partial charge in [-0.1, -0.05) is 13.8 Å². The molecule has 124 valence electrons. The maximum Gasteiger partial charge on any atom is 0.144 e. The molecule has 2 saturated carbocycles. The molecular formula is C19H23BrFNO. The maximum atomic E-state index is 13.8. The minimum Gasteiger partial charge on any atom is -0.492 e. The van der Waals surface area contributed by atoms with Crippen LogP contribution in [-0.2, 0) is 0 Å². The summed E-state index contributed by atoms with van der Waals surface area (Å²) in [4.78, 5) is 0. The van der Waals surface area contributed by atoms with Crippen molar-refractivity contribution in [2.75, 3.05) is 6.61 Å². The minimum atomic E-state index is -0.523. The molecule has 0 aromatic heterocycles. The van der Waals surface area contributed by atoms with Gasteiger partial charge in [0.2, 0.25) is 0 Å². The molecule has 2 aliphatic carbocycles. The molecule has 0 radical (unpaired) electrons. The van der Waals surface area contributed by atoms with Gasteiger partial charge in [-0.15, -0.1) is 0 Å². The van der Waals surface area contributed by atoms with Gasteiger partial charge in [0.15, 0.2) is 0 Å². The van der Waals surface area contributed by atoms with Crippen molar-refractivity contribution in [3.05, 3.63) is 28.0 Å². The predicted molar refractivity (Wildman–Crippen MR) is 91.6 cm³/mol. The number of halogens is 2. The lowest BCUT2D eigenvalue weighted by Crippen LogP contribution is -2.39. The average molecular weight is 380 g/mol. The standard InChI is InChI=1S/C19H23BrFNO/c1-12-3-13-5-14(4-12)9-19(2,8-13)11-23-18-7-17(21)15(10-22)6-16(18)20/h6-7,12-14H,3-5,8-9,11H2,1-2H3. The monoisotopic (exact) mass is 379 g/mol. The van der Waals surface area contributed by atoms with Crippen LogP contribution in [0, 0.1) is 40.3 Å². The summed E-state index contributed by atoms with van der Waals surface area (Å²) in [6.07, 6.45) is 6.44. The quantitative estimate of drug-likeness (QED) is 0.675. The van der Waals surface area contributed by atoms with Crippen molar-refractivity contribution in [2.45, 2.75) is 46.0 Å². The molecule has 0 aliphatic heterocycles. The molecular weight excluding hydrogens is 357 g/mol. The van der Waals surface area contributed by atoms with Crippen molar-refractivity contribution in [1.82, 2.24) is 0 Å². The van der Waals surface area contributed by atoms with Gasteiger partial charge in [-0.05, 0) is 71.9 Å². The summed E-state index contributed by atoms with van der Waals surface area (Å²) in [6.45, 7) is 5.28. The molecule has 23 heavy (non-hydrogen) atoms. The van der Waals surface area contributed by atoms with E-state index in [1.807, 2.05) is 6.07 Å². The number of nitriles is 1. The Morgan fingerprint density at radius 3 is 2.57 bits per heavy atom. The molecule has 2 bridgehead atoms. The molecule has 4 heteroatoms. The Balaban J connectivity index is 1.69. The van der Waals surface area contributed by atoms with Crippen molar-refractivity contribution < 1.29 is 9.13 Å². The van der Waals surface area contributed by atoms with E-state index < -0.39 is 5.82 Å². The Hall–Kier alpha value is -1.08. The van der Waals surface area contributed by atoms with Gasteiger partial charge < -0.3 is 4.74 Å². The molecule has 2 fully saturated rings. The van der Waals surface area contributed by atoms with Crippen molar-refractivity contribution in [1.29, 1.82) is 5.26 Å². The van der Waals surface area contributed by atoms with E-state index in [-0.39, 0.29) is 11.0 Å². The van der Waals surface area contributed by atoms with Crippen LogP contribution in [-0.4, -0.2) is 6.61 Å². The third-order valence-corrected chi connectivity index (χ3v) is 6.04. The van der Waals surface area contributed by atoms with E-state index in [9.17, 15) is 4.39 Å². The van der Waals surface area contributed by atoms with Crippen LogP contribution < -0.4 is 4.74 Å². The SMILES string of the molecule is CC1CC2CC(C1)CC(C)(COc1cc(F)c(C#N)cc1Br)C2. The molecule has 0 heterocycles. The van der Waals surface area contributed by atoms with Crippen LogP contribution in [0.4, 0.5) is 4.39 Å². The number of rotatable bonds is 3. The molecule has 0 spiro atoms. The Morgan fingerprint density at radius 2 is 1.96 bits per heavy atom. The highest BCUT2D eigenvalue weighted by Gasteiger charge is 2.41. The largest absolute Gasteiger partial charge is 0.492 e. The smallest absolute Gasteiger partial charge is 0.144 e. The second kappa shape index (κ2) is 6.43. The fourth-order valence-corrected chi connectivity index (χ4v) is 5.26. The second-order valence-electron chi connectivity index (χ2n) is 7.93. The lowest BCUT2D eigenvalue weighted by molar-refractivity contribution is 0.0144. The number of hydrogen-bond donors (Lipinski definition) is 0. The van der Waals surface area contributed by atoms with E-state index >= 15 is 0 Å². The highest BCUT2D eigenvalue weighted by Crippen LogP contribution is 2.50. The van der Waals surface area contributed by atoms with Gasteiger partial charge in [0.05, 0.1) is 16.6 Å². The summed E-state index contributed by atoms with van der Waals surface area (Å²) in [5, 5.41) is 8.87. The zero-order valence-electron chi connectivity index (χ0n) is 13.7. The average Bonchev–Trinajstić information content (AvgIpc) is 2.46. The van der Waals surface area contributed by atoms with Crippen LogP contribution in [0.3, 0.4) is 0 Å². The molecule has 0 N–H and O–H groups in total. The van der Waals surface area contributed by atoms with Gasteiger partial charge in [0.1, 0.15) is 17.6 Å². The molecule has 0 saturated heterocycles. The van der Waals surface area contributed by atoms with E-state index in [1.54, 1.807) is 0 Å².